The predicted molar refractivity (Wildman–Crippen MR) is 123 cm³/mol. The fourth-order valence-corrected chi connectivity index (χ4v) is 4.91. The number of likely N-dealkylation sites (tertiary alicyclic amines) is 1. The Morgan fingerprint density at radius 3 is 2.61 bits per heavy atom. The zero-order valence-corrected chi connectivity index (χ0v) is 18.4. The molecule has 0 radical (unpaired) electrons. The average molecular weight is 468 g/mol. The zero-order valence-electron chi connectivity index (χ0n) is 17.6. The topological polar surface area (TPSA) is 109 Å². The van der Waals surface area contributed by atoms with E-state index in [1.807, 2.05) is 29.2 Å². The van der Waals surface area contributed by atoms with Gasteiger partial charge in [0, 0.05) is 41.2 Å². The van der Waals surface area contributed by atoms with E-state index in [4.69, 9.17) is 16.0 Å². The van der Waals surface area contributed by atoms with Gasteiger partial charge in [-0.1, -0.05) is 29.8 Å². The molecule has 1 aliphatic rings. The van der Waals surface area contributed by atoms with Gasteiger partial charge in [0.25, 0.3) is 0 Å². The van der Waals surface area contributed by atoms with Crippen LogP contribution < -0.4 is 0 Å². The summed E-state index contributed by atoms with van der Waals surface area (Å²) in [6, 6.07) is 11.9. The lowest BCUT2D eigenvalue weighted by Gasteiger charge is -2.34. The summed E-state index contributed by atoms with van der Waals surface area (Å²) in [6.45, 7) is 0.835. The van der Waals surface area contributed by atoms with Crippen molar-refractivity contribution in [3.63, 3.8) is 0 Å². The molecule has 1 aliphatic heterocycles. The van der Waals surface area contributed by atoms with Crippen molar-refractivity contribution >= 4 is 45.5 Å². The van der Waals surface area contributed by atoms with Crippen molar-refractivity contribution in [3.05, 3.63) is 65.1 Å². The molecule has 8 nitrogen and oxygen atoms in total. The van der Waals surface area contributed by atoms with Gasteiger partial charge in [-0.2, -0.15) is 0 Å². The molecule has 9 heteroatoms. The first-order valence-electron chi connectivity index (χ1n) is 10.7. The summed E-state index contributed by atoms with van der Waals surface area (Å²) >= 11 is 6.13. The predicted octanol–water partition coefficient (Wildman–Crippen LogP) is 4.53. The number of piperidine rings is 1. The molecule has 33 heavy (non-hydrogen) atoms. The summed E-state index contributed by atoms with van der Waals surface area (Å²) in [5, 5.41) is 20.6. The second-order valence-corrected chi connectivity index (χ2v) is 8.77. The highest BCUT2D eigenvalue weighted by molar-refractivity contribution is 6.31. The fraction of sp³-hybridized carbons (Fsp3) is 0.292. The Labute approximate surface area is 194 Å². The first-order valence-corrected chi connectivity index (χ1v) is 11.1. The number of rotatable bonds is 6. The molecule has 0 aliphatic carbocycles. The van der Waals surface area contributed by atoms with E-state index in [0.29, 0.717) is 40.5 Å². The minimum atomic E-state index is -1.01. The van der Waals surface area contributed by atoms with E-state index in [9.17, 15) is 19.8 Å². The number of hydrogen-bond donors (Lipinski definition) is 2. The molecule has 4 aromatic rings. The highest BCUT2D eigenvalue weighted by Gasteiger charge is 2.34. The Balaban J connectivity index is 1.42. The number of benzene rings is 2. The van der Waals surface area contributed by atoms with E-state index in [1.165, 1.54) is 0 Å². The van der Waals surface area contributed by atoms with Gasteiger partial charge in [0.05, 0.1) is 5.52 Å². The lowest BCUT2D eigenvalue weighted by atomic mass is 9.94. The molecule has 2 aromatic heterocycles. The van der Waals surface area contributed by atoms with Crippen LogP contribution in [-0.2, 0) is 16.1 Å². The smallest absolute Gasteiger partial charge is 0.325 e. The molecule has 0 saturated carbocycles. The third kappa shape index (κ3) is 4.07. The van der Waals surface area contributed by atoms with Gasteiger partial charge >= 0.3 is 11.9 Å². The maximum absolute atomic E-state index is 12.4. The number of halogens is 1. The van der Waals surface area contributed by atoms with Crippen LogP contribution in [-0.4, -0.2) is 49.7 Å². The molecule has 2 aromatic carbocycles. The van der Waals surface area contributed by atoms with Crippen molar-refractivity contribution in [3.8, 4) is 0 Å². The molecule has 170 valence electrons. The third-order valence-electron chi connectivity index (χ3n) is 6.26. The molecule has 3 heterocycles. The second kappa shape index (κ2) is 8.53. The molecule has 0 amide bonds. The number of hydrogen-bond acceptors (Lipinski definition) is 5. The van der Waals surface area contributed by atoms with Crippen LogP contribution in [0.4, 0.5) is 0 Å². The van der Waals surface area contributed by atoms with E-state index < -0.39 is 18.0 Å². The molecule has 5 rings (SSSR count). The lowest BCUT2D eigenvalue weighted by Crippen LogP contribution is -2.39. The van der Waals surface area contributed by atoms with Crippen molar-refractivity contribution in [2.45, 2.75) is 31.3 Å². The Hall–Kier alpha value is -3.36. The lowest BCUT2D eigenvalue weighted by molar-refractivity contribution is -0.144. The summed E-state index contributed by atoms with van der Waals surface area (Å²) in [4.78, 5) is 30.3. The van der Waals surface area contributed by atoms with Crippen molar-refractivity contribution in [2.24, 2.45) is 0 Å². The van der Waals surface area contributed by atoms with Gasteiger partial charge in [-0.15, -0.1) is 0 Å². The SMILES string of the molecule is O=C(O)Cn1cc([C@@H](C(=O)O)N2CCC(c3nc4ccccc4o3)CC2)c2ccc(Cl)cc21. The molecular weight excluding hydrogens is 446 g/mol. The molecule has 0 bridgehead atoms. The van der Waals surface area contributed by atoms with E-state index in [2.05, 4.69) is 4.98 Å². The number of carbonyl (C=O) groups is 2. The highest BCUT2D eigenvalue weighted by atomic mass is 35.5. The quantitative estimate of drug-likeness (QED) is 0.429. The fourth-order valence-electron chi connectivity index (χ4n) is 4.74. The Bertz CT molecular complexity index is 1320. The number of carboxylic acid groups (broad SMARTS) is 2. The minimum absolute atomic E-state index is 0.121. The Kier molecular flexibility index (Phi) is 5.55. The number of nitrogens with zero attached hydrogens (tertiary/aromatic N) is 3. The van der Waals surface area contributed by atoms with Gasteiger partial charge in [-0.25, -0.2) is 4.98 Å². The van der Waals surface area contributed by atoms with Crippen molar-refractivity contribution in [1.29, 1.82) is 0 Å². The molecular formula is C24H22ClN3O5. The Morgan fingerprint density at radius 1 is 1.15 bits per heavy atom. The maximum Gasteiger partial charge on any atom is 0.325 e. The van der Waals surface area contributed by atoms with Crippen LogP contribution in [0.2, 0.25) is 5.02 Å². The van der Waals surface area contributed by atoms with Crippen LogP contribution in [0.15, 0.2) is 53.1 Å². The normalized spacial score (nSPS) is 16.4. The summed E-state index contributed by atoms with van der Waals surface area (Å²) in [7, 11) is 0. The average Bonchev–Trinajstić information content (AvgIpc) is 3.36. The molecule has 1 fully saturated rings. The second-order valence-electron chi connectivity index (χ2n) is 8.34. The first kappa shape index (κ1) is 21.5. The molecule has 0 spiro atoms. The molecule has 2 N–H and O–H groups in total. The monoisotopic (exact) mass is 467 g/mol. The van der Waals surface area contributed by atoms with Crippen LogP contribution in [0.5, 0.6) is 0 Å². The van der Waals surface area contributed by atoms with Crippen LogP contribution in [0.1, 0.15) is 36.3 Å². The summed E-state index contributed by atoms with van der Waals surface area (Å²) in [6.07, 6.45) is 3.06. The van der Waals surface area contributed by atoms with Crippen LogP contribution in [0.25, 0.3) is 22.0 Å². The number of para-hydroxylation sites is 2. The van der Waals surface area contributed by atoms with Crippen LogP contribution in [0, 0.1) is 0 Å². The van der Waals surface area contributed by atoms with Gasteiger partial charge in [-0.05, 0) is 37.1 Å². The molecule has 1 atom stereocenters. The van der Waals surface area contributed by atoms with E-state index in [-0.39, 0.29) is 12.5 Å². The number of carboxylic acids is 2. The van der Waals surface area contributed by atoms with E-state index >= 15 is 0 Å². The van der Waals surface area contributed by atoms with Crippen LogP contribution in [0.3, 0.4) is 0 Å². The van der Waals surface area contributed by atoms with E-state index in [1.54, 1.807) is 29.0 Å². The van der Waals surface area contributed by atoms with E-state index in [0.717, 1.165) is 23.9 Å². The standard InChI is InChI=1S/C24H22ClN3O5/c25-15-5-6-16-17(12-28(13-21(29)30)19(16)11-15)22(24(31)32)27-9-7-14(8-10-27)23-26-18-3-1-2-4-20(18)33-23/h1-6,11-12,14,22H,7-10,13H2,(H,29,30)(H,31,32)/t22-/m0/s1. The summed E-state index contributed by atoms with van der Waals surface area (Å²) < 4.78 is 7.47. The highest BCUT2D eigenvalue weighted by Crippen LogP contribution is 2.37. The number of oxazole rings is 1. The van der Waals surface area contributed by atoms with Gasteiger partial charge in [0.15, 0.2) is 11.5 Å². The van der Waals surface area contributed by atoms with Crippen LogP contribution >= 0.6 is 11.6 Å². The first-order chi connectivity index (χ1) is 15.9. The Morgan fingerprint density at radius 2 is 1.91 bits per heavy atom. The largest absolute Gasteiger partial charge is 0.480 e. The zero-order chi connectivity index (χ0) is 23.1. The molecule has 1 saturated heterocycles. The summed E-state index contributed by atoms with van der Waals surface area (Å²) in [5.74, 6) is -1.17. The van der Waals surface area contributed by atoms with Gasteiger partial charge in [0.2, 0.25) is 0 Å². The number of aromatic nitrogens is 2. The third-order valence-corrected chi connectivity index (χ3v) is 6.50. The molecule has 0 unspecified atom stereocenters. The van der Waals surface area contributed by atoms with Crippen molar-refractivity contribution in [1.82, 2.24) is 14.5 Å². The van der Waals surface area contributed by atoms with Gasteiger partial charge < -0.3 is 19.2 Å². The minimum Gasteiger partial charge on any atom is -0.480 e. The van der Waals surface area contributed by atoms with Gasteiger partial charge in [-0.3, -0.25) is 14.5 Å². The summed E-state index contributed by atoms with van der Waals surface area (Å²) in [5.41, 5.74) is 2.75. The van der Waals surface area contributed by atoms with Gasteiger partial charge in [0.1, 0.15) is 18.1 Å². The van der Waals surface area contributed by atoms with Crippen molar-refractivity contribution in [2.75, 3.05) is 13.1 Å². The maximum atomic E-state index is 12.4. The number of fused-ring (bicyclic) bond motifs is 2. The number of aliphatic carboxylic acids is 2. The van der Waals surface area contributed by atoms with Crippen molar-refractivity contribution < 1.29 is 24.2 Å².